The van der Waals surface area contributed by atoms with Gasteiger partial charge >= 0.3 is 35.8 Å². The summed E-state index contributed by atoms with van der Waals surface area (Å²) >= 11 is 0. The van der Waals surface area contributed by atoms with Crippen molar-refractivity contribution < 1.29 is 72.7 Å². The van der Waals surface area contributed by atoms with Gasteiger partial charge < -0.3 is 62.7 Å². The van der Waals surface area contributed by atoms with Crippen molar-refractivity contribution in [2.24, 2.45) is 88.2 Å². The normalized spacial score (nSPS) is 12.3. The number of esters is 3. The number of carboxylic acid groups (broad SMARTS) is 3. The van der Waals surface area contributed by atoms with Crippen LogP contribution in [0.4, 0.5) is 0 Å². The van der Waals surface area contributed by atoms with E-state index in [1.807, 2.05) is 0 Å². The molecule has 572 valence electrons. The molecule has 0 aliphatic heterocycles. The van der Waals surface area contributed by atoms with Crippen molar-refractivity contribution in [2.75, 3.05) is 59.1 Å². The molecule has 0 aromatic rings. The average molecular weight is 1390 g/mol. The summed E-state index contributed by atoms with van der Waals surface area (Å²) < 4.78 is 14.4. The number of carboxylic acids is 3. The van der Waals surface area contributed by atoms with E-state index in [4.69, 9.17) is 42.0 Å². The van der Waals surface area contributed by atoms with Crippen LogP contribution in [-0.2, 0) is 57.4 Å². The molecule has 0 fully saturated rings. The number of rotatable bonds is 49. The lowest BCUT2D eigenvalue weighted by Gasteiger charge is -2.16. The Morgan fingerprint density at radius 1 is 0.351 bits per heavy atom. The lowest BCUT2D eigenvalue weighted by atomic mass is 9.92. The average Bonchev–Trinajstić information content (AvgIpc) is 3.08. The third-order valence-electron chi connectivity index (χ3n) is 14.8. The number of hydrogen-bond donors (Lipinski definition) is 9. The summed E-state index contributed by atoms with van der Waals surface area (Å²) in [6, 6.07) is 0. The monoisotopic (exact) mass is 1390 g/mol. The van der Waals surface area contributed by atoms with E-state index < -0.39 is 17.9 Å². The number of nitrogens with one attached hydrogen (secondary N) is 3. The number of ether oxygens (including phenoxy) is 3. The zero-order chi connectivity index (χ0) is 76.1. The van der Waals surface area contributed by atoms with Crippen LogP contribution in [0.3, 0.4) is 0 Å². The van der Waals surface area contributed by atoms with Crippen molar-refractivity contribution in [3.05, 3.63) is 38.0 Å². The minimum absolute atomic E-state index is 0.0805. The topological polar surface area (TPSA) is 356 Å². The van der Waals surface area contributed by atoms with Crippen molar-refractivity contribution in [1.82, 2.24) is 16.0 Å². The molecular weight excluding hydrogens is 1240 g/mol. The molecule has 21 nitrogen and oxygen atoms in total. The zero-order valence-electron chi connectivity index (χ0n) is 64.4. The Morgan fingerprint density at radius 3 is 0.784 bits per heavy atom. The predicted molar refractivity (Wildman–Crippen MR) is 397 cm³/mol. The summed E-state index contributed by atoms with van der Waals surface area (Å²) in [5, 5.41) is 34.1. The number of amides is 3. The van der Waals surface area contributed by atoms with Gasteiger partial charge in [-0.05, 0) is 142 Å². The highest BCUT2D eigenvalue weighted by Crippen LogP contribution is 2.22. The lowest BCUT2D eigenvalue weighted by molar-refractivity contribution is -0.143. The van der Waals surface area contributed by atoms with Gasteiger partial charge in [0.2, 0.25) is 17.7 Å². The quantitative estimate of drug-likeness (QED) is 0.0118. The Morgan fingerprint density at radius 2 is 0.577 bits per heavy atom. The smallest absolute Gasteiger partial charge is 0.306 e. The van der Waals surface area contributed by atoms with Crippen LogP contribution in [0, 0.1) is 71.0 Å². The summed E-state index contributed by atoms with van der Waals surface area (Å²) in [6.07, 6.45) is 21.6. The third kappa shape index (κ3) is 90.3. The fourth-order valence-electron chi connectivity index (χ4n) is 10.0. The van der Waals surface area contributed by atoms with Gasteiger partial charge in [-0.2, -0.15) is 0 Å². The van der Waals surface area contributed by atoms with Crippen LogP contribution in [0.15, 0.2) is 38.0 Å². The SMILES string of the molecule is C=CCOC(=O)CCCN.C=CCOC(=O)CCCNC(=O)C[C@@H](CC)CC(C)C.C=CCOC(=O)CCCNC(=O)C[C@@H](CC)CC(C)C.CC(C)C[C@H](CN)CC(=O)O.CC[C@H](CC(=O)NCCN)CC(C)C.CC[C@H](CC(=O)O)CC(C)C.CC[C@H](CC(=O)O)CC(C)C. The fraction of sp³-hybridized carbons (Fsp3) is 0.803. The molecule has 0 unspecified atom stereocenters. The fourth-order valence-corrected chi connectivity index (χ4v) is 10.0. The largest absolute Gasteiger partial charge is 0.481 e. The zero-order valence-corrected chi connectivity index (χ0v) is 64.4. The standard InChI is InChI=1S/2C16H29NO3.C11H24N2O.2C9H18O2.C8H17NO2.C7H13NO2/c2*1-5-10-20-16(19)8-7-9-17-15(18)12-14(6-2)11-13(3)4;1-4-10(7-9(2)3)8-11(14)13-6-5-12;2*1-4-8(5-7(2)3)6-9(10)11;1-6(2)3-7(5-9)4-8(10)11;1-2-6-10-7(9)4-3-5-8/h2*5,13-14H,1,6-12H2,2-4H3,(H,17,18);9-10H,4-8,12H2,1-3H3,(H,13,14);2*7-8H,4-6H2,1-3H3,(H,10,11);6-7H,3-5,9H2,1-2H3,(H,10,11);2H,1,3-6,8H2/t2*14-;10-;2*8-;7-;/m000000./s1. The Hall–Kier alpha value is -5.67. The molecule has 0 radical (unpaired) electrons. The van der Waals surface area contributed by atoms with Crippen LogP contribution >= 0.6 is 0 Å². The molecule has 0 aromatic heterocycles. The van der Waals surface area contributed by atoms with Crippen molar-refractivity contribution in [3.63, 3.8) is 0 Å². The van der Waals surface area contributed by atoms with Crippen LogP contribution in [0.1, 0.15) is 265 Å². The van der Waals surface area contributed by atoms with Gasteiger partial charge in [0.25, 0.3) is 0 Å². The van der Waals surface area contributed by atoms with E-state index in [1.165, 1.54) is 0 Å². The minimum atomic E-state index is -0.749. The second-order valence-electron chi connectivity index (χ2n) is 27.5. The van der Waals surface area contributed by atoms with Crippen LogP contribution in [-0.4, -0.2) is 128 Å². The molecule has 3 amide bonds. The van der Waals surface area contributed by atoms with Gasteiger partial charge in [-0.25, -0.2) is 0 Å². The molecule has 6 atom stereocenters. The number of carbonyl (C=O) groups is 9. The van der Waals surface area contributed by atoms with Crippen molar-refractivity contribution in [2.45, 2.75) is 265 Å². The van der Waals surface area contributed by atoms with E-state index in [2.05, 4.69) is 158 Å². The molecule has 0 heterocycles. The third-order valence-corrected chi connectivity index (χ3v) is 14.8. The maximum Gasteiger partial charge on any atom is 0.306 e. The number of nitrogens with two attached hydrogens (primary N) is 3. The lowest BCUT2D eigenvalue weighted by Crippen LogP contribution is -2.30. The Kier molecular flexibility index (Phi) is 80.5. The molecule has 21 heteroatoms. The molecular formula is C76H148N6O15. The molecule has 0 rings (SSSR count). The first-order chi connectivity index (χ1) is 45.6. The number of aliphatic carboxylic acids is 3. The highest BCUT2D eigenvalue weighted by Gasteiger charge is 2.18. The van der Waals surface area contributed by atoms with E-state index in [1.54, 1.807) is 18.2 Å². The first kappa shape index (κ1) is 105. The van der Waals surface area contributed by atoms with E-state index >= 15 is 0 Å². The summed E-state index contributed by atoms with van der Waals surface area (Å²) in [6.45, 7) is 50.6. The van der Waals surface area contributed by atoms with E-state index in [-0.39, 0.29) is 61.2 Å². The molecule has 97 heavy (non-hydrogen) atoms. The van der Waals surface area contributed by atoms with Crippen molar-refractivity contribution in [3.8, 4) is 0 Å². The van der Waals surface area contributed by atoms with Gasteiger partial charge in [0.1, 0.15) is 19.8 Å². The Bertz CT molecular complexity index is 1850. The highest BCUT2D eigenvalue weighted by molar-refractivity contribution is 5.77. The second kappa shape index (κ2) is 74.6. The van der Waals surface area contributed by atoms with Gasteiger partial charge in [-0.3, -0.25) is 43.2 Å². The van der Waals surface area contributed by atoms with E-state index in [9.17, 15) is 43.2 Å². The van der Waals surface area contributed by atoms with E-state index in [0.717, 1.165) is 70.6 Å². The van der Waals surface area contributed by atoms with Crippen molar-refractivity contribution >= 4 is 53.5 Å². The van der Waals surface area contributed by atoms with Gasteiger partial charge in [0.05, 0.1) is 0 Å². The number of hydrogen-bond acceptors (Lipinski definition) is 15. The van der Waals surface area contributed by atoms with Crippen LogP contribution in [0.2, 0.25) is 0 Å². The molecule has 0 bridgehead atoms. The second-order valence-corrected chi connectivity index (χ2v) is 27.5. The molecule has 0 aliphatic rings. The van der Waals surface area contributed by atoms with Gasteiger partial charge in [-0.15, -0.1) is 0 Å². The molecule has 0 saturated heterocycles. The molecule has 12 N–H and O–H groups in total. The maximum atomic E-state index is 11.8. The van der Waals surface area contributed by atoms with Gasteiger partial charge in [-0.1, -0.05) is 188 Å². The maximum absolute atomic E-state index is 11.8. The minimum Gasteiger partial charge on any atom is -0.481 e. The first-order valence-corrected chi connectivity index (χ1v) is 36.4. The predicted octanol–water partition coefficient (Wildman–Crippen LogP) is 14.3. The van der Waals surface area contributed by atoms with Crippen LogP contribution in [0.5, 0.6) is 0 Å². The summed E-state index contributed by atoms with van der Waals surface area (Å²) in [4.78, 5) is 99.0. The molecule has 0 aliphatic carbocycles. The van der Waals surface area contributed by atoms with Crippen molar-refractivity contribution in [1.29, 1.82) is 0 Å². The van der Waals surface area contributed by atoms with E-state index in [0.29, 0.717) is 182 Å². The molecule has 0 spiro atoms. The summed E-state index contributed by atoms with van der Waals surface area (Å²) in [5.41, 5.74) is 15.9. The summed E-state index contributed by atoms with van der Waals surface area (Å²) in [5.74, 6) is 3.48. The highest BCUT2D eigenvalue weighted by atomic mass is 16.5. The summed E-state index contributed by atoms with van der Waals surface area (Å²) in [7, 11) is 0. The van der Waals surface area contributed by atoms with Gasteiger partial charge in [0.15, 0.2) is 0 Å². The van der Waals surface area contributed by atoms with Crippen LogP contribution < -0.4 is 33.2 Å². The Labute approximate surface area is 590 Å². The van der Waals surface area contributed by atoms with Gasteiger partial charge in [0, 0.05) is 84.0 Å². The Balaban J connectivity index is -0.000000198. The number of carbonyl (C=O) groups excluding carboxylic acids is 6. The van der Waals surface area contributed by atoms with Crippen LogP contribution in [0.25, 0.3) is 0 Å². The molecule has 0 saturated carbocycles. The molecule has 0 aromatic carbocycles. The first-order valence-electron chi connectivity index (χ1n) is 36.4.